The van der Waals surface area contributed by atoms with Crippen molar-refractivity contribution in [1.82, 2.24) is 9.88 Å². The molecule has 31 heavy (non-hydrogen) atoms. The van der Waals surface area contributed by atoms with E-state index in [-0.39, 0.29) is 5.69 Å². The second-order valence-corrected chi connectivity index (χ2v) is 8.39. The van der Waals surface area contributed by atoms with E-state index < -0.39 is 5.97 Å². The van der Waals surface area contributed by atoms with Gasteiger partial charge < -0.3 is 5.11 Å². The molecule has 2 aliphatic rings. The van der Waals surface area contributed by atoms with Crippen LogP contribution in [0.2, 0.25) is 0 Å². The van der Waals surface area contributed by atoms with Crippen LogP contribution in [0.25, 0.3) is 5.57 Å². The molecule has 0 amide bonds. The lowest BCUT2D eigenvalue weighted by Gasteiger charge is -2.30. The Kier molecular flexibility index (Phi) is 5.39. The predicted octanol–water partition coefficient (Wildman–Crippen LogP) is 4.98. The highest BCUT2D eigenvalue weighted by Crippen LogP contribution is 2.38. The molecule has 1 fully saturated rings. The molecule has 1 saturated heterocycles. The van der Waals surface area contributed by atoms with E-state index in [0.29, 0.717) is 6.54 Å². The number of carboxylic acids is 1. The lowest BCUT2D eigenvalue weighted by atomic mass is 9.86. The minimum atomic E-state index is -0.974. The molecule has 0 radical (unpaired) electrons. The standard InChI is InChI=1S/C27H26N2O2/c30-27(31)25-11-5-8-22(28-25)18-29-16-14-21(15-17-29)26-23-9-3-1-6-19(23)12-13-20-7-2-4-10-24(20)26/h1-11H,12-18H2,(H,30,31). The summed E-state index contributed by atoms with van der Waals surface area (Å²) in [6, 6.07) is 23.0. The zero-order chi connectivity index (χ0) is 21.2. The molecule has 156 valence electrons. The van der Waals surface area contributed by atoms with Gasteiger partial charge in [-0.15, -0.1) is 0 Å². The number of carboxylic acid groups (broad SMARTS) is 1. The summed E-state index contributed by atoms with van der Waals surface area (Å²) in [5.74, 6) is -0.974. The summed E-state index contributed by atoms with van der Waals surface area (Å²) in [4.78, 5) is 17.9. The number of aromatic nitrogens is 1. The van der Waals surface area contributed by atoms with E-state index in [1.807, 2.05) is 6.07 Å². The van der Waals surface area contributed by atoms with Crippen molar-refractivity contribution in [1.29, 1.82) is 0 Å². The maximum absolute atomic E-state index is 11.2. The minimum absolute atomic E-state index is 0.115. The van der Waals surface area contributed by atoms with Gasteiger partial charge >= 0.3 is 5.97 Å². The first-order chi connectivity index (χ1) is 15.2. The third-order valence-electron chi connectivity index (χ3n) is 6.46. The Hall–Kier alpha value is -3.24. The molecule has 3 aromatic rings. The van der Waals surface area contributed by atoms with Crippen LogP contribution in [-0.2, 0) is 19.4 Å². The molecule has 2 heterocycles. The number of likely N-dealkylation sites (tertiary alicyclic amines) is 1. The van der Waals surface area contributed by atoms with Crippen LogP contribution in [0.5, 0.6) is 0 Å². The molecule has 4 heteroatoms. The fourth-order valence-electron chi connectivity index (χ4n) is 4.91. The van der Waals surface area contributed by atoms with Crippen LogP contribution in [0.4, 0.5) is 0 Å². The Labute approximate surface area is 182 Å². The minimum Gasteiger partial charge on any atom is -0.477 e. The van der Waals surface area contributed by atoms with Crippen molar-refractivity contribution in [2.75, 3.05) is 13.1 Å². The molecule has 0 saturated carbocycles. The quantitative estimate of drug-likeness (QED) is 0.662. The van der Waals surface area contributed by atoms with Gasteiger partial charge in [-0.1, -0.05) is 60.2 Å². The normalized spacial score (nSPS) is 16.4. The van der Waals surface area contributed by atoms with Gasteiger partial charge in [0.1, 0.15) is 5.69 Å². The SMILES string of the molecule is O=C(O)c1cccc(CN2CCC(=C3c4ccccc4CCc4ccccc43)CC2)n1. The second kappa shape index (κ2) is 8.48. The number of hydrogen-bond acceptors (Lipinski definition) is 3. The van der Waals surface area contributed by atoms with Gasteiger partial charge in [0, 0.05) is 19.6 Å². The number of fused-ring (bicyclic) bond motifs is 2. The number of pyridine rings is 1. The lowest BCUT2D eigenvalue weighted by Crippen LogP contribution is -2.31. The maximum atomic E-state index is 11.2. The zero-order valence-electron chi connectivity index (χ0n) is 17.6. The smallest absolute Gasteiger partial charge is 0.354 e. The first-order valence-electron chi connectivity index (χ1n) is 11.0. The number of nitrogens with zero attached hydrogens (tertiary/aromatic N) is 2. The Morgan fingerprint density at radius 1 is 0.806 bits per heavy atom. The highest BCUT2D eigenvalue weighted by atomic mass is 16.4. The van der Waals surface area contributed by atoms with Gasteiger partial charge in [0.15, 0.2) is 0 Å². The molecule has 0 atom stereocenters. The average Bonchev–Trinajstić information content (AvgIpc) is 2.97. The van der Waals surface area contributed by atoms with E-state index in [1.54, 1.807) is 12.1 Å². The third kappa shape index (κ3) is 4.04. The van der Waals surface area contributed by atoms with E-state index in [2.05, 4.69) is 58.4 Å². The summed E-state index contributed by atoms with van der Waals surface area (Å²) in [6.45, 7) is 2.61. The Bertz CT molecular complexity index is 1110. The number of benzene rings is 2. The van der Waals surface area contributed by atoms with E-state index in [1.165, 1.54) is 33.4 Å². The number of rotatable bonds is 3. The van der Waals surface area contributed by atoms with Gasteiger partial charge in [-0.3, -0.25) is 4.90 Å². The summed E-state index contributed by atoms with van der Waals surface area (Å²) in [5, 5.41) is 9.20. The van der Waals surface area contributed by atoms with Crippen molar-refractivity contribution in [2.45, 2.75) is 32.2 Å². The van der Waals surface area contributed by atoms with Crippen LogP contribution < -0.4 is 0 Å². The van der Waals surface area contributed by atoms with Crippen LogP contribution in [-0.4, -0.2) is 34.0 Å². The summed E-state index contributed by atoms with van der Waals surface area (Å²) in [5.41, 5.74) is 9.58. The van der Waals surface area contributed by atoms with Crippen molar-refractivity contribution >= 4 is 11.5 Å². The Morgan fingerprint density at radius 2 is 1.42 bits per heavy atom. The van der Waals surface area contributed by atoms with Crippen molar-refractivity contribution in [2.24, 2.45) is 0 Å². The van der Waals surface area contributed by atoms with Crippen LogP contribution >= 0.6 is 0 Å². The topological polar surface area (TPSA) is 53.4 Å². The molecule has 1 aliphatic carbocycles. The largest absolute Gasteiger partial charge is 0.477 e. The monoisotopic (exact) mass is 410 g/mol. The van der Waals surface area contributed by atoms with Crippen LogP contribution in [0.15, 0.2) is 72.3 Å². The van der Waals surface area contributed by atoms with E-state index in [9.17, 15) is 9.90 Å². The van der Waals surface area contributed by atoms with E-state index in [4.69, 9.17) is 0 Å². The van der Waals surface area contributed by atoms with Crippen LogP contribution in [0.1, 0.15) is 51.3 Å². The number of aromatic carboxylic acids is 1. The lowest BCUT2D eigenvalue weighted by molar-refractivity contribution is 0.0690. The number of carbonyl (C=O) groups is 1. The molecule has 1 N–H and O–H groups in total. The van der Waals surface area contributed by atoms with E-state index in [0.717, 1.165) is 44.5 Å². The number of hydrogen-bond donors (Lipinski definition) is 1. The van der Waals surface area contributed by atoms with Crippen LogP contribution in [0, 0.1) is 0 Å². The molecule has 2 aromatic carbocycles. The van der Waals surface area contributed by atoms with Crippen molar-refractivity contribution in [3.63, 3.8) is 0 Å². The second-order valence-electron chi connectivity index (χ2n) is 8.39. The van der Waals surface area contributed by atoms with Crippen molar-refractivity contribution < 1.29 is 9.90 Å². The summed E-state index contributed by atoms with van der Waals surface area (Å²) < 4.78 is 0. The molecular formula is C27H26N2O2. The highest BCUT2D eigenvalue weighted by Gasteiger charge is 2.24. The fraction of sp³-hybridized carbons (Fsp3) is 0.259. The highest BCUT2D eigenvalue weighted by molar-refractivity contribution is 5.86. The predicted molar refractivity (Wildman–Crippen MR) is 122 cm³/mol. The molecule has 0 bridgehead atoms. The molecule has 1 aromatic heterocycles. The number of aryl methyl sites for hydroxylation is 2. The van der Waals surface area contributed by atoms with Gasteiger partial charge in [0.25, 0.3) is 0 Å². The van der Waals surface area contributed by atoms with Gasteiger partial charge in [-0.25, -0.2) is 9.78 Å². The summed E-state index contributed by atoms with van der Waals surface area (Å²) >= 11 is 0. The van der Waals surface area contributed by atoms with Crippen molar-refractivity contribution in [3.8, 4) is 0 Å². The molecule has 5 rings (SSSR count). The van der Waals surface area contributed by atoms with Crippen molar-refractivity contribution in [3.05, 3.63) is 106 Å². The van der Waals surface area contributed by atoms with Crippen LogP contribution in [0.3, 0.4) is 0 Å². The molecular weight excluding hydrogens is 384 g/mol. The summed E-state index contributed by atoms with van der Waals surface area (Å²) in [6.07, 6.45) is 4.22. The molecule has 0 unspecified atom stereocenters. The van der Waals surface area contributed by atoms with Gasteiger partial charge in [0.2, 0.25) is 0 Å². The first kappa shape index (κ1) is 19.7. The van der Waals surface area contributed by atoms with E-state index >= 15 is 0 Å². The number of piperidine rings is 1. The molecule has 4 nitrogen and oxygen atoms in total. The zero-order valence-corrected chi connectivity index (χ0v) is 17.6. The molecule has 1 aliphatic heterocycles. The maximum Gasteiger partial charge on any atom is 0.354 e. The average molecular weight is 411 g/mol. The summed E-state index contributed by atoms with van der Waals surface area (Å²) in [7, 11) is 0. The third-order valence-corrected chi connectivity index (χ3v) is 6.46. The Morgan fingerprint density at radius 3 is 2.03 bits per heavy atom. The Balaban J connectivity index is 1.42. The first-order valence-corrected chi connectivity index (χ1v) is 11.0. The van der Waals surface area contributed by atoms with Gasteiger partial charge in [-0.05, 0) is 65.6 Å². The van der Waals surface area contributed by atoms with Gasteiger partial charge in [0.05, 0.1) is 5.69 Å². The fourth-order valence-corrected chi connectivity index (χ4v) is 4.91. The molecule has 0 spiro atoms. The van der Waals surface area contributed by atoms with Gasteiger partial charge in [-0.2, -0.15) is 0 Å².